The Hall–Kier alpha value is -2.35. The molecule has 1 aromatic carbocycles. The van der Waals surface area contributed by atoms with Gasteiger partial charge in [0.1, 0.15) is 5.54 Å². The Morgan fingerprint density at radius 3 is 2.70 bits per heavy atom. The Morgan fingerprint density at radius 2 is 2.04 bits per heavy atom. The zero-order valence-corrected chi connectivity index (χ0v) is 13.4. The van der Waals surface area contributed by atoms with Gasteiger partial charge in [0.2, 0.25) is 0 Å². The van der Waals surface area contributed by atoms with Gasteiger partial charge in [0, 0.05) is 5.56 Å². The van der Waals surface area contributed by atoms with Gasteiger partial charge in [-0.3, -0.25) is 4.79 Å². The zero-order valence-electron chi connectivity index (χ0n) is 13.4. The maximum atomic E-state index is 12.6. The monoisotopic (exact) mass is 314 g/mol. The summed E-state index contributed by atoms with van der Waals surface area (Å²) in [5.74, 6) is -0.638. The van der Waals surface area contributed by atoms with Crippen LogP contribution in [-0.4, -0.2) is 24.0 Å². The van der Waals surface area contributed by atoms with Crippen LogP contribution < -0.4 is 5.32 Å². The fourth-order valence-electron chi connectivity index (χ4n) is 3.01. The Kier molecular flexibility index (Phi) is 5.75. The summed E-state index contributed by atoms with van der Waals surface area (Å²) >= 11 is 0. The van der Waals surface area contributed by atoms with Crippen LogP contribution in [0.15, 0.2) is 24.3 Å². The molecule has 0 heterocycles. The lowest BCUT2D eigenvalue weighted by atomic mass is 9.81. The molecule has 5 nitrogen and oxygen atoms in total. The molecule has 1 aliphatic rings. The highest BCUT2D eigenvalue weighted by Crippen LogP contribution is 2.30. The first-order valence-electron chi connectivity index (χ1n) is 8.07. The zero-order chi connectivity index (χ0) is 16.7. The van der Waals surface area contributed by atoms with Crippen molar-refractivity contribution in [3.63, 3.8) is 0 Å². The third kappa shape index (κ3) is 4.10. The lowest BCUT2D eigenvalue weighted by Gasteiger charge is -2.35. The van der Waals surface area contributed by atoms with E-state index < -0.39 is 5.54 Å². The normalized spacial score (nSPS) is 16.2. The first-order chi connectivity index (χ1) is 11.1. The molecule has 0 spiro atoms. The Labute approximate surface area is 136 Å². The molecular weight excluding hydrogens is 292 g/mol. The van der Waals surface area contributed by atoms with Gasteiger partial charge in [0.25, 0.3) is 5.91 Å². The number of hydrogen-bond acceptors (Lipinski definition) is 4. The SMILES string of the molecule is CCOC(=O)C1(NC(=O)c2cccc(CC#N)c2)CCCCC1. The second-order valence-corrected chi connectivity index (χ2v) is 5.85. The number of nitrogens with one attached hydrogen (secondary N) is 1. The number of carbonyl (C=O) groups excluding carboxylic acids is 2. The maximum absolute atomic E-state index is 12.6. The van der Waals surface area contributed by atoms with Crippen molar-refractivity contribution < 1.29 is 14.3 Å². The minimum Gasteiger partial charge on any atom is -0.464 e. The van der Waals surface area contributed by atoms with Gasteiger partial charge in [0.15, 0.2) is 0 Å². The molecule has 0 saturated heterocycles. The molecule has 5 heteroatoms. The van der Waals surface area contributed by atoms with E-state index in [1.165, 1.54) is 0 Å². The molecule has 0 unspecified atom stereocenters. The van der Waals surface area contributed by atoms with Gasteiger partial charge in [0.05, 0.1) is 19.1 Å². The minimum absolute atomic E-state index is 0.254. The van der Waals surface area contributed by atoms with Crippen LogP contribution in [0.4, 0.5) is 0 Å². The fourth-order valence-corrected chi connectivity index (χ4v) is 3.01. The Bertz CT molecular complexity index is 613. The van der Waals surface area contributed by atoms with E-state index in [9.17, 15) is 9.59 Å². The van der Waals surface area contributed by atoms with Gasteiger partial charge in [-0.2, -0.15) is 5.26 Å². The van der Waals surface area contributed by atoms with Crippen molar-refractivity contribution >= 4 is 11.9 Å². The van der Waals surface area contributed by atoms with E-state index in [-0.39, 0.29) is 18.3 Å². The van der Waals surface area contributed by atoms with Crippen LogP contribution in [0.2, 0.25) is 0 Å². The number of hydrogen-bond donors (Lipinski definition) is 1. The number of ether oxygens (including phenoxy) is 1. The molecule has 1 N–H and O–H groups in total. The summed E-state index contributed by atoms with van der Waals surface area (Å²) in [4.78, 5) is 25.0. The molecule has 0 bridgehead atoms. The Morgan fingerprint density at radius 1 is 1.30 bits per heavy atom. The lowest BCUT2D eigenvalue weighted by molar-refractivity contribution is -0.152. The van der Waals surface area contributed by atoms with Gasteiger partial charge < -0.3 is 10.1 Å². The summed E-state index contributed by atoms with van der Waals surface area (Å²) in [6, 6.07) is 9.01. The van der Waals surface area contributed by atoms with Gasteiger partial charge in [-0.15, -0.1) is 0 Å². The van der Waals surface area contributed by atoms with Crippen molar-refractivity contribution in [2.75, 3.05) is 6.61 Å². The number of benzene rings is 1. The Balaban J connectivity index is 2.19. The van der Waals surface area contributed by atoms with Crippen LogP contribution in [0, 0.1) is 11.3 Å². The number of nitrogens with zero attached hydrogens (tertiary/aromatic N) is 1. The number of rotatable bonds is 5. The molecule has 1 aliphatic carbocycles. The smallest absolute Gasteiger partial charge is 0.331 e. The summed E-state index contributed by atoms with van der Waals surface area (Å²) < 4.78 is 5.19. The van der Waals surface area contributed by atoms with Crippen molar-refractivity contribution in [1.29, 1.82) is 5.26 Å². The fraction of sp³-hybridized carbons (Fsp3) is 0.500. The molecular formula is C18H22N2O3. The van der Waals surface area contributed by atoms with E-state index in [1.54, 1.807) is 25.1 Å². The molecule has 0 aromatic heterocycles. The third-order valence-corrected chi connectivity index (χ3v) is 4.20. The highest BCUT2D eigenvalue weighted by atomic mass is 16.5. The van der Waals surface area contributed by atoms with E-state index in [2.05, 4.69) is 11.4 Å². The average Bonchev–Trinajstić information content (AvgIpc) is 2.56. The van der Waals surface area contributed by atoms with Crippen LogP contribution >= 0.6 is 0 Å². The molecule has 2 rings (SSSR count). The molecule has 1 aromatic rings. The summed E-state index contributed by atoms with van der Waals surface area (Å²) in [5.41, 5.74) is 0.331. The summed E-state index contributed by atoms with van der Waals surface area (Å²) in [6.07, 6.45) is 4.32. The number of amides is 1. The van der Waals surface area contributed by atoms with Gasteiger partial charge in [-0.05, 0) is 37.5 Å². The van der Waals surface area contributed by atoms with Crippen LogP contribution in [0.25, 0.3) is 0 Å². The number of esters is 1. The standard InChI is InChI=1S/C18H22N2O3/c1-2-23-17(22)18(10-4-3-5-11-18)20-16(21)15-8-6-7-14(13-15)9-12-19/h6-8,13H,2-5,9-11H2,1H3,(H,20,21). The molecule has 1 fully saturated rings. The molecule has 0 atom stereocenters. The second kappa shape index (κ2) is 7.77. The topological polar surface area (TPSA) is 79.2 Å². The van der Waals surface area contributed by atoms with E-state index in [1.807, 2.05) is 6.07 Å². The largest absolute Gasteiger partial charge is 0.464 e. The lowest BCUT2D eigenvalue weighted by Crippen LogP contribution is -2.56. The van der Waals surface area contributed by atoms with Gasteiger partial charge in [-0.25, -0.2) is 4.79 Å². The van der Waals surface area contributed by atoms with E-state index in [0.29, 0.717) is 25.0 Å². The molecule has 122 valence electrons. The summed E-state index contributed by atoms with van der Waals surface area (Å²) in [7, 11) is 0. The molecule has 0 radical (unpaired) electrons. The first-order valence-corrected chi connectivity index (χ1v) is 8.07. The van der Waals surface area contributed by atoms with Crippen LogP contribution in [0.1, 0.15) is 54.9 Å². The molecule has 1 amide bonds. The predicted octanol–water partition coefficient (Wildman–Crippen LogP) is 2.75. The predicted molar refractivity (Wildman–Crippen MR) is 85.7 cm³/mol. The molecule has 23 heavy (non-hydrogen) atoms. The van der Waals surface area contributed by atoms with E-state index in [4.69, 9.17) is 10.00 Å². The van der Waals surface area contributed by atoms with Gasteiger partial charge in [-0.1, -0.05) is 31.4 Å². The van der Waals surface area contributed by atoms with Crippen LogP contribution in [-0.2, 0) is 16.0 Å². The highest BCUT2D eigenvalue weighted by molar-refractivity contribution is 5.98. The van der Waals surface area contributed by atoms with Crippen LogP contribution in [0.3, 0.4) is 0 Å². The summed E-state index contributed by atoms with van der Waals surface area (Å²) in [6.45, 7) is 2.07. The quantitative estimate of drug-likeness (QED) is 0.848. The average molecular weight is 314 g/mol. The number of carbonyl (C=O) groups is 2. The van der Waals surface area contributed by atoms with Crippen molar-refractivity contribution in [1.82, 2.24) is 5.32 Å². The molecule has 0 aliphatic heterocycles. The van der Waals surface area contributed by atoms with Crippen molar-refractivity contribution in [3.8, 4) is 6.07 Å². The molecule has 1 saturated carbocycles. The number of nitriles is 1. The van der Waals surface area contributed by atoms with E-state index in [0.717, 1.165) is 24.8 Å². The minimum atomic E-state index is -0.920. The van der Waals surface area contributed by atoms with Gasteiger partial charge >= 0.3 is 5.97 Å². The first kappa shape index (κ1) is 17.0. The summed E-state index contributed by atoms with van der Waals surface area (Å²) in [5, 5.41) is 11.7. The van der Waals surface area contributed by atoms with Crippen molar-refractivity contribution in [3.05, 3.63) is 35.4 Å². The van der Waals surface area contributed by atoms with Crippen LogP contribution in [0.5, 0.6) is 0 Å². The highest BCUT2D eigenvalue weighted by Gasteiger charge is 2.42. The second-order valence-electron chi connectivity index (χ2n) is 5.85. The van der Waals surface area contributed by atoms with E-state index >= 15 is 0 Å². The van der Waals surface area contributed by atoms with Crippen molar-refractivity contribution in [2.24, 2.45) is 0 Å². The third-order valence-electron chi connectivity index (χ3n) is 4.20. The maximum Gasteiger partial charge on any atom is 0.331 e. The van der Waals surface area contributed by atoms with Crippen molar-refractivity contribution in [2.45, 2.75) is 51.0 Å².